The van der Waals surface area contributed by atoms with Crippen LogP contribution in [-0.2, 0) is 0 Å². The molecule has 1 aliphatic rings. The minimum atomic E-state index is -1.06. The number of guanidine groups is 1. The van der Waals surface area contributed by atoms with E-state index in [-0.39, 0.29) is 29.0 Å². The molecule has 0 atom stereocenters. The highest BCUT2D eigenvalue weighted by molar-refractivity contribution is 6.34. The highest BCUT2D eigenvalue weighted by Crippen LogP contribution is 2.29. The number of hydrogen-bond acceptors (Lipinski definition) is 3. The van der Waals surface area contributed by atoms with Crippen molar-refractivity contribution >= 4 is 47.7 Å². The molecule has 7 nitrogen and oxygen atoms in total. The van der Waals surface area contributed by atoms with Crippen LogP contribution < -0.4 is 16.0 Å². The number of anilines is 1. The minimum Gasteiger partial charge on any atom is -0.478 e. The van der Waals surface area contributed by atoms with Crippen LogP contribution in [0.25, 0.3) is 0 Å². The van der Waals surface area contributed by atoms with Gasteiger partial charge in [-0.05, 0) is 37.0 Å². The fourth-order valence-corrected chi connectivity index (χ4v) is 1.91. The number of rotatable bonds is 4. The number of carboxylic acids is 1. The third-order valence-corrected chi connectivity index (χ3v) is 3.45. The molecule has 2 amide bonds. The number of aliphatic imine (C=N–C) groups is 1. The Labute approximate surface area is 144 Å². The largest absolute Gasteiger partial charge is 0.478 e. The van der Waals surface area contributed by atoms with E-state index in [1.165, 1.54) is 25.2 Å². The van der Waals surface area contributed by atoms with E-state index >= 15 is 0 Å². The summed E-state index contributed by atoms with van der Waals surface area (Å²) in [6.45, 7) is 0.622. The van der Waals surface area contributed by atoms with Crippen molar-refractivity contribution in [3.05, 3.63) is 28.8 Å². The zero-order chi connectivity index (χ0) is 16.1. The number of nitrogens with zero attached hydrogens (tertiary/aromatic N) is 1. The third-order valence-electron chi connectivity index (χ3n) is 3.13. The van der Waals surface area contributed by atoms with E-state index in [1.807, 2.05) is 0 Å². The van der Waals surface area contributed by atoms with Crippen molar-refractivity contribution in [3.8, 4) is 0 Å². The fraction of sp³-hybridized carbons (Fsp3) is 0.357. The molecule has 0 radical (unpaired) electrons. The van der Waals surface area contributed by atoms with Crippen LogP contribution in [0, 0.1) is 5.92 Å². The Balaban J connectivity index is 0.00000264. The van der Waals surface area contributed by atoms with Gasteiger partial charge in [-0.25, -0.2) is 9.59 Å². The fourth-order valence-electron chi connectivity index (χ4n) is 1.68. The first kappa shape index (κ1) is 19.1. The topological polar surface area (TPSA) is 103 Å². The Morgan fingerprint density at radius 3 is 2.61 bits per heavy atom. The van der Waals surface area contributed by atoms with Gasteiger partial charge in [-0.2, -0.15) is 0 Å². The Morgan fingerprint density at radius 1 is 1.39 bits per heavy atom. The predicted octanol–water partition coefficient (Wildman–Crippen LogP) is 2.57. The van der Waals surface area contributed by atoms with Crippen molar-refractivity contribution in [1.82, 2.24) is 10.6 Å². The lowest BCUT2D eigenvalue weighted by molar-refractivity contribution is 0.0697. The van der Waals surface area contributed by atoms with Crippen molar-refractivity contribution in [3.63, 3.8) is 0 Å². The Kier molecular flexibility index (Phi) is 7.12. The lowest BCUT2D eigenvalue weighted by Gasteiger charge is -2.13. The Morgan fingerprint density at radius 2 is 2.09 bits per heavy atom. The quantitative estimate of drug-likeness (QED) is 0.489. The average Bonchev–Trinajstić information content (AvgIpc) is 3.30. The van der Waals surface area contributed by atoms with Crippen LogP contribution in [0.15, 0.2) is 23.2 Å². The second-order valence-corrected chi connectivity index (χ2v) is 5.37. The summed E-state index contributed by atoms with van der Waals surface area (Å²) in [5.41, 5.74) is 0.559. The maximum atomic E-state index is 11.4. The number of halogens is 2. The molecular formula is C14H18Cl2N4O3. The molecule has 4 N–H and O–H groups in total. The second kappa shape index (κ2) is 8.59. The summed E-state index contributed by atoms with van der Waals surface area (Å²) < 4.78 is 0. The molecule has 1 aliphatic carbocycles. The molecular weight excluding hydrogens is 343 g/mol. The molecule has 23 heavy (non-hydrogen) atoms. The molecule has 1 saturated carbocycles. The highest BCUT2D eigenvalue weighted by Gasteiger charge is 2.21. The van der Waals surface area contributed by atoms with E-state index in [9.17, 15) is 9.59 Å². The van der Waals surface area contributed by atoms with Gasteiger partial charge in [0.25, 0.3) is 0 Å². The third kappa shape index (κ3) is 5.96. The molecule has 2 rings (SSSR count). The summed E-state index contributed by atoms with van der Waals surface area (Å²) in [5.74, 6) is -0.219. The first-order chi connectivity index (χ1) is 10.5. The second-order valence-electron chi connectivity index (χ2n) is 4.96. The van der Waals surface area contributed by atoms with E-state index in [0.717, 1.165) is 12.8 Å². The molecule has 0 spiro atoms. The molecule has 126 valence electrons. The molecule has 0 aliphatic heterocycles. The number of carboxylic acid groups (broad SMARTS) is 1. The van der Waals surface area contributed by atoms with Gasteiger partial charge in [-0.3, -0.25) is 10.3 Å². The number of nitrogens with one attached hydrogen (secondary N) is 3. The van der Waals surface area contributed by atoms with Crippen molar-refractivity contribution in [2.75, 3.05) is 18.9 Å². The molecule has 0 bridgehead atoms. The van der Waals surface area contributed by atoms with Gasteiger partial charge in [0.15, 0.2) is 0 Å². The first-order valence-corrected chi connectivity index (χ1v) is 7.20. The zero-order valence-electron chi connectivity index (χ0n) is 12.4. The summed E-state index contributed by atoms with van der Waals surface area (Å²) in [6, 6.07) is 3.89. The van der Waals surface area contributed by atoms with E-state index in [0.29, 0.717) is 18.2 Å². The molecule has 0 unspecified atom stereocenters. The average molecular weight is 361 g/mol. The molecule has 0 heterocycles. The van der Waals surface area contributed by atoms with Crippen LogP contribution in [0.5, 0.6) is 0 Å². The van der Waals surface area contributed by atoms with Gasteiger partial charge >= 0.3 is 12.0 Å². The number of benzene rings is 1. The van der Waals surface area contributed by atoms with Crippen LogP contribution in [0.1, 0.15) is 23.2 Å². The summed E-state index contributed by atoms with van der Waals surface area (Å²) in [4.78, 5) is 26.7. The molecule has 1 aromatic carbocycles. The highest BCUT2D eigenvalue weighted by atomic mass is 35.5. The smallest absolute Gasteiger partial charge is 0.335 e. The maximum Gasteiger partial charge on any atom is 0.335 e. The van der Waals surface area contributed by atoms with Gasteiger partial charge < -0.3 is 15.7 Å². The van der Waals surface area contributed by atoms with Gasteiger partial charge in [-0.1, -0.05) is 11.6 Å². The monoisotopic (exact) mass is 360 g/mol. The number of carbonyl (C=O) groups is 2. The summed E-state index contributed by atoms with van der Waals surface area (Å²) >= 11 is 6.05. The molecule has 0 aromatic heterocycles. The Hall–Kier alpha value is -1.99. The lowest BCUT2D eigenvalue weighted by atomic mass is 10.2. The van der Waals surface area contributed by atoms with Gasteiger partial charge in [0, 0.05) is 13.6 Å². The van der Waals surface area contributed by atoms with Crippen LogP contribution in [0.2, 0.25) is 5.02 Å². The molecule has 0 saturated heterocycles. The van der Waals surface area contributed by atoms with Crippen molar-refractivity contribution in [1.29, 1.82) is 0 Å². The van der Waals surface area contributed by atoms with E-state index in [2.05, 4.69) is 20.9 Å². The lowest BCUT2D eigenvalue weighted by Crippen LogP contribution is -2.41. The van der Waals surface area contributed by atoms with Gasteiger partial charge in [-0.15, -0.1) is 12.4 Å². The number of carbonyl (C=O) groups excluding carboxylic acids is 1. The van der Waals surface area contributed by atoms with Gasteiger partial charge in [0.05, 0.1) is 16.3 Å². The number of hydrogen-bond donors (Lipinski definition) is 4. The standard InChI is InChI=1S/C14H17ClN4O3.ClH/c1-16-14(22)19-13(17-7-8-2-3-8)18-11-5-4-9(12(20)21)6-10(11)15;/h4-6,8H,2-3,7H2,1H3,(H,20,21)(H3,16,17,18,19,22);1H. The number of aromatic carboxylic acids is 1. The van der Waals surface area contributed by atoms with E-state index < -0.39 is 12.0 Å². The summed E-state index contributed by atoms with van der Waals surface area (Å²) in [5, 5.41) is 17.1. The van der Waals surface area contributed by atoms with Crippen LogP contribution >= 0.6 is 24.0 Å². The van der Waals surface area contributed by atoms with Crippen molar-refractivity contribution < 1.29 is 14.7 Å². The number of amides is 2. The van der Waals surface area contributed by atoms with Crippen LogP contribution in [0.4, 0.5) is 10.5 Å². The zero-order valence-corrected chi connectivity index (χ0v) is 14.0. The Bertz CT molecular complexity index is 618. The first-order valence-electron chi connectivity index (χ1n) is 6.82. The SMILES string of the molecule is CNC(=O)NC(=NCC1CC1)Nc1ccc(C(=O)O)cc1Cl.Cl. The van der Waals surface area contributed by atoms with Gasteiger partial charge in [0.1, 0.15) is 0 Å². The van der Waals surface area contributed by atoms with Crippen LogP contribution in [0.3, 0.4) is 0 Å². The predicted molar refractivity (Wildman–Crippen MR) is 91.9 cm³/mol. The molecule has 1 aromatic rings. The molecule has 1 fully saturated rings. The van der Waals surface area contributed by atoms with Crippen molar-refractivity contribution in [2.24, 2.45) is 10.9 Å². The van der Waals surface area contributed by atoms with E-state index in [1.54, 1.807) is 0 Å². The van der Waals surface area contributed by atoms with Gasteiger partial charge in [0.2, 0.25) is 5.96 Å². The van der Waals surface area contributed by atoms with E-state index in [4.69, 9.17) is 16.7 Å². The van der Waals surface area contributed by atoms with Crippen LogP contribution in [-0.4, -0.2) is 36.7 Å². The normalized spacial score (nSPS) is 13.7. The number of urea groups is 1. The maximum absolute atomic E-state index is 11.4. The summed E-state index contributed by atoms with van der Waals surface area (Å²) in [6.07, 6.45) is 2.29. The minimum absolute atomic E-state index is 0. The van der Waals surface area contributed by atoms with Crippen molar-refractivity contribution in [2.45, 2.75) is 12.8 Å². The molecule has 9 heteroatoms. The summed E-state index contributed by atoms with van der Waals surface area (Å²) in [7, 11) is 1.50.